The van der Waals surface area contributed by atoms with Crippen LogP contribution >= 0.6 is 0 Å². The van der Waals surface area contributed by atoms with Gasteiger partial charge in [-0.05, 0) is 13.3 Å². The van der Waals surface area contributed by atoms with Crippen molar-refractivity contribution in [3.05, 3.63) is 12.2 Å². The van der Waals surface area contributed by atoms with Crippen LogP contribution in [-0.4, -0.2) is 33.4 Å². The zero-order valence-corrected chi connectivity index (χ0v) is 7.67. The van der Waals surface area contributed by atoms with Crippen molar-refractivity contribution in [2.24, 2.45) is 11.3 Å². The molecule has 0 saturated heterocycles. The SMILES string of the molecule is CC1(C(=O)O)C(O)C=CCC1C(=O)O. The van der Waals surface area contributed by atoms with E-state index in [1.54, 1.807) is 0 Å². The molecule has 3 N–H and O–H groups in total. The van der Waals surface area contributed by atoms with Crippen LogP contribution in [0.15, 0.2) is 12.2 Å². The lowest BCUT2D eigenvalue weighted by Gasteiger charge is -2.36. The lowest BCUT2D eigenvalue weighted by Crippen LogP contribution is -2.49. The standard InChI is InChI=1S/C9H12O5/c1-9(8(13)14)5(7(11)12)3-2-4-6(9)10/h2,4-6,10H,3H2,1H3,(H,11,12)(H,13,14). The van der Waals surface area contributed by atoms with Crippen molar-refractivity contribution in [3.63, 3.8) is 0 Å². The van der Waals surface area contributed by atoms with Gasteiger partial charge in [-0.15, -0.1) is 0 Å². The van der Waals surface area contributed by atoms with Gasteiger partial charge in [-0.25, -0.2) is 0 Å². The molecule has 0 aromatic heterocycles. The number of carboxylic acid groups (broad SMARTS) is 2. The lowest BCUT2D eigenvalue weighted by molar-refractivity contribution is -0.168. The van der Waals surface area contributed by atoms with Crippen LogP contribution in [0.25, 0.3) is 0 Å². The summed E-state index contributed by atoms with van der Waals surface area (Å²) in [6.07, 6.45) is 1.70. The molecule has 0 spiro atoms. The minimum atomic E-state index is -1.64. The van der Waals surface area contributed by atoms with Gasteiger partial charge in [-0.1, -0.05) is 12.2 Å². The monoisotopic (exact) mass is 200 g/mol. The zero-order chi connectivity index (χ0) is 10.9. The van der Waals surface area contributed by atoms with E-state index in [4.69, 9.17) is 10.2 Å². The summed E-state index contributed by atoms with van der Waals surface area (Å²) in [5, 5.41) is 27.2. The lowest BCUT2D eigenvalue weighted by atomic mass is 9.68. The van der Waals surface area contributed by atoms with Gasteiger partial charge in [0.15, 0.2) is 0 Å². The van der Waals surface area contributed by atoms with Crippen LogP contribution in [-0.2, 0) is 9.59 Å². The van der Waals surface area contributed by atoms with Crippen LogP contribution in [0.5, 0.6) is 0 Å². The Bertz CT molecular complexity index is 296. The van der Waals surface area contributed by atoms with Gasteiger partial charge >= 0.3 is 11.9 Å². The van der Waals surface area contributed by atoms with Crippen LogP contribution < -0.4 is 0 Å². The van der Waals surface area contributed by atoms with E-state index < -0.39 is 29.4 Å². The van der Waals surface area contributed by atoms with Gasteiger partial charge in [-0.3, -0.25) is 9.59 Å². The highest BCUT2D eigenvalue weighted by Crippen LogP contribution is 2.38. The maximum Gasteiger partial charge on any atom is 0.313 e. The Labute approximate surface area is 80.7 Å². The molecule has 3 unspecified atom stereocenters. The van der Waals surface area contributed by atoms with Crippen molar-refractivity contribution in [1.29, 1.82) is 0 Å². The van der Waals surface area contributed by atoms with Crippen molar-refractivity contribution < 1.29 is 24.9 Å². The summed E-state index contributed by atoms with van der Waals surface area (Å²) in [6.45, 7) is 1.25. The summed E-state index contributed by atoms with van der Waals surface area (Å²) < 4.78 is 0. The van der Waals surface area contributed by atoms with Gasteiger partial charge in [-0.2, -0.15) is 0 Å². The molecule has 1 aliphatic carbocycles. The molecule has 0 saturated carbocycles. The molecular weight excluding hydrogens is 188 g/mol. The van der Waals surface area contributed by atoms with Gasteiger partial charge in [0.05, 0.1) is 12.0 Å². The summed E-state index contributed by atoms with van der Waals surface area (Å²) in [7, 11) is 0. The molecule has 0 aliphatic heterocycles. The number of aliphatic carboxylic acids is 2. The van der Waals surface area contributed by atoms with Gasteiger partial charge in [0.1, 0.15) is 5.41 Å². The van der Waals surface area contributed by atoms with Crippen LogP contribution in [0.1, 0.15) is 13.3 Å². The Morgan fingerprint density at radius 1 is 1.43 bits per heavy atom. The largest absolute Gasteiger partial charge is 0.481 e. The van der Waals surface area contributed by atoms with Gasteiger partial charge in [0.2, 0.25) is 0 Å². The topological polar surface area (TPSA) is 94.8 Å². The third-order valence-electron chi connectivity index (χ3n) is 2.79. The molecule has 0 aromatic rings. The van der Waals surface area contributed by atoms with Crippen LogP contribution in [0, 0.1) is 11.3 Å². The zero-order valence-electron chi connectivity index (χ0n) is 7.67. The van der Waals surface area contributed by atoms with E-state index in [0.717, 1.165) is 0 Å². The number of hydrogen-bond acceptors (Lipinski definition) is 3. The highest BCUT2D eigenvalue weighted by atomic mass is 16.4. The van der Waals surface area contributed by atoms with E-state index in [2.05, 4.69) is 0 Å². The normalized spacial score (nSPS) is 36.7. The summed E-state index contributed by atoms with van der Waals surface area (Å²) >= 11 is 0. The predicted molar refractivity (Wildman–Crippen MR) is 46.6 cm³/mol. The summed E-state index contributed by atoms with van der Waals surface area (Å²) in [5.74, 6) is -3.57. The summed E-state index contributed by atoms with van der Waals surface area (Å²) in [4.78, 5) is 21.8. The number of allylic oxidation sites excluding steroid dienone is 1. The van der Waals surface area contributed by atoms with E-state index in [9.17, 15) is 14.7 Å². The highest BCUT2D eigenvalue weighted by Gasteiger charge is 2.51. The molecule has 0 fully saturated rings. The first kappa shape index (κ1) is 10.7. The van der Waals surface area contributed by atoms with Crippen molar-refractivity contribution in [2.45, 2.75) is 19.4 Å². The Hall–Kier alpha value is -1.36. The van der Waals surface area contributed by atoms with Gasteiger partial charge in [0.25, 0.3) is 0 Å². The molecule has 5 heteroatoms. The fourth-order valence-corrected chi connectivity index (χ4v) is 1.63. The maximum absolute atomic E-state index is 10.9. The molecular formula is C9H12O5. The Kier molecular flexibility index (Phi) is 2.62. The van der Waals surface area contributed by atoms with E-state index in [0.29, 0.717) is 0 Å². The number of aliphatic hydroxyl groups is 1. The maximum atomic E-state index is 10.9. The molecule has 0 bridgehead atoms. The average Bonchev–Trinajstić information content (AvgIpc) is 2.08. The first-order valence-corrected chi connectivity index (χ1v) is 4.21. The van der Waals surface area contributed by atoms with E-state index in [-0.39, 0.29) is 6.42 Å². The Morgan fingerprint density at radius 2 is 2.00 bits per heavy atom. The van der Waals surface area contributed by atoms with E-state index in [1.807, 2.05) is 0 Å². The molecule has 3 atom stereocenters. The molecule has 1 rings (SSSR count). The average molecular weight is 200 g/mol. The number of rotatable bonds is 2. The second-order valence-corrected chi connectivity index (χ2v) is 3.59. The molecule has 0 aromatic carbocycles. The highest BCUT2D eigenvalue weighted by molar-refractivity contribution is 5.84. The Balaban J connectivity index is 3.13. The van der Waals surface area contributed by atoms with Crippen LogP contribution in [0.4, 0.5) is 0 Å². The van der Waals surface area contributed by atoms with Crippen molar-refractivity contribution >= 4 is 11.9 Å². The number of hydrogen-bond donors (Lipinski definition) is 3. The summed E-state index contributed by atoms with van der Waals surface area (Å²) in [5.41, 5.74) is -1.64. The number of carbonyl (C=O) groups is 2. The third-order valence-corrected chi connectivity index (χ3v) is 2.79. The molecule has 0 amide bonds. The Morgan fingerprint density at radius 3 is 2.36 bits per heavy atom. The van der Waals surface area contributed by atoms with E-state index >= 15 is 0 Å². The second-order valence-electron chi connectivity index (χ2n) is 3.59. The number of aliphatic hydroxyl groups excluding tert-OH is 1. The predicted octanol–water partition coefficient (Wildman–Crippen LogP) is 0.0989. The van der Waals surface area contributed by atoms with Gasteiger partial charge < -0.3 is 15.3 Å². The van der Waals surface area contributed by atoms with Crippen molar-refractivity contribution in [1.82, 2.24) is 0 Å². The molecule has 78 valence electrons. The first-order chi connectivity index (χ1) is 6.40. The van der Waals surface area contributed by atoms with Crippen LogP contribution in [0.2, 0.25) is 0 Å². The smallest absolute Gasteiger partial charge is 0.313 e. The molecule has 0 radical (unpaired) electrons. The first-order valence-electron chi connectivity index (χ1n) is 4.21. The summed E-state index contributed by atoms with van der Waals surface area (Å²) in [6, 6.07) is 0. The minimum Gasteiger partial charge on any atom is -0.481 e. The van der Waals surface area contributed by atoms with Crippen molar-refractivity contribution in [2.75, 3.05) is 0 Å². The van der Waals surface area contributed by atoms with Gasteiger partial charge in [0, 0.05) is 0 Å². The fraction of sp³-hybridized carbons (Fsp3) is 0.556. The van der Waals surface area contributed by atoms with E-state index in [1.165, 1.54) is 19.1 Å². The molecule has 0 heterocycles. The fourth-order valence-electron chi connectivity index (χ4n) is 1.63. The third kappa shape index (κ3) is 1.39. The quantitative estimate of drug-likeness (QED) is 0.549. The van der Waals surface area contributed by atoms with Crippen LogP contribution in [0.3, 0.4) is 0 Å². The molecule has 14 heavy (non-hydrogen) atoms. The molecule has 5 nitrogen and oxygen atoms in total. The minimum absolute atomic E-state index is 0.134. The van der Waals surface area contributed by atoms with Crippen molar-refractivity contribution in [3.8, 4) is 0 Å². The second kappa shape index (κ2) is 3.42. The number of carboxylic acids is 2. The molecule has 1 aliphatic rings.